The fraction of sp³-hybridized carbons (Fsp3) is 0.385. The third kappa shape index (κ3) is 3.17. The maximum atomic E-state index is 2.37. The molecule has 2 heterocycles. The molecule has 0 fully saturated rings. The topological polar surface area (TPSA) is 3.24 Å². The van der Waals surface area contributed by atoms with E-state index in [0.29, 0.717) is 0 Å². The summed E-state index contributed by atoms with van der Waals surface area (Å²) in [5.74, 6) is 0. The molecule has 0 spiro atoms. The molecule has 0 atom stereocenters. The average Bonchev–Trinajstić information content (AvgIpc) is 2.76. The Morgan fingerprint density at radius 3 is 1.62 bits per heavy atom. The molecule has 0 amide bonds. The Kier molecular flexibility index (Phi) is 3.79. The van der Waals surface area contributed by atoms with E-state index in [0.717, 1.165) is 13.1 Å². The van der Waals surface area contributed by atoms with Crippen molar-refractivity contribution in [1.29, 1.82) is 0 Å². The first-order valence-electron chi connectivity index (χ1n) is 5.42. The molecule has 86 valence electrons. The number of aryl methyl sites for hydroxylation is 2. The van der Waals surface area contributed by atoms with Gasteiger partial charge in [-0.15, -0.1) is 22.7 Å². The zero-order chi connectivity index (χ0) is 11.5. The van der Waals surface area contributed by atoms with Crippen LogP contribution < -0.4 is 0 Å². The van der Waals surface area contributed by atoms with Crippen molar-refractivity contribution < 1.29 is 0 Å². The third-order valence-corrected chi connectivity index (χ3v) is 4.41. The molecule has 2 aromatic rings. The second-order valence-electron chi connectivity index (χ2n) is 4.20. The maximum Gasteiger partial charge on any atom is 0.0328 e. The van der Waals surface area contributed by atoms with Gasteiger partial charge in [0.05, 0.1) is 0 Å². The molecule has 0 aromatic carbocycles. The number of nitrogens with zero attached hydrogens (tertiary/aromatic N) is 1. The summed E-state index contributed by atoms with van der Waals surface area (Å²) in [6, 6.07) is 8.86. The summed E-state index contributed by atoms with van der Waals surface area (Å²) in [6.07, 6.45) is 0. The highest BCUT2D eigenvalue weighted by molar-refractivity contribution is 7.12. The van der Waals surface area contributed by atoms with Crippen LogP contribution in [-0.4, -0.2) is 11.9 Å². The maximum absolute atomic E-state index is 2.37. The predicted octanol–water partition coefficient (Wildman–Crippen LogP) is 4.06. The van der Waals surface area contributed by atoms with Crippen molar-refractivity contribution in [2.24, 2.45) is 0 Å². The van der Waals surface area contributed by atoms with Crippen LogP contribution in [0, 0.1) is 13.8 Å². The first-order chi connectivity index (χ1) is 7.63. The summed E-state index contributed by atoms with van der Waals surface area (Å²) in [5.41, 5.74) is 0. The van der Waals surface area contributed by atoms with Gasteiger partial charge in [-0.2, -0.15) is 0 Å². The van der Waals surface area contributed by atoms with Gasteiger partial charge in [0.25, 0.3) is 0 Å². The number of thiophene rings is 2. The third-order valence-electron chi connectivity index (χ3n) is 2.44. The van der Waals surface area contributed by atoms with Crippen molar-refractivity contribution in [3.05, 3.63) is 43.8 Å². The van der Waals surface area contributed by atoms with Gasteiger partial charge < -0.3 is 0 Å². The molecule has 2 rings (SSSR count). The van der Waals surface area contributed by atoms with E-state index >= 15 is 0 Å². The van der Waals surface area contributed by atoms with Gasteiger partial charge in [0.1, 0.15) is 0 Å². The zero-order valence-corrected chi connectivity index (χ0v) is 11.6. The van der Waals surface area contributed by atoms with Crippen molar-refractivity contribution in [2.75, 3.05) is 7.05 Å². The van der Waals surface area contributed by atoms with Crippen LogP contribution in [0.4, 0.5) is 0 Å². The molecule has 0 aliphatic carbocycles. The van der Waals surface area contributed by atoms with E-state index in [1.165, 1.54) is 19.5 Å². The minimum Gasteiger partial charge on any atom is -0.296 e. The monoisotopic (exact) mass is 251 g/mol. The summed E-state index contributed by atoms with van der Waals surface area (Å²) >= 11 is 3.79. The lowest BCUT2D eigenvalue weighted by Gasteiger charge is -2.14. The Morgan fingerprint density at radius 1 is 0.875 bits per heavy atom. The highest BCUT2D eigenvalue weighted by atomic mass is 32.1. The van der Waals surface area contributed by atoms with Crippen LogP contribution in [0.25, 0.3) is 0 Å². The Balaban J connectivity index is 1.91. The molecule has 0 bridgehead atoms. The Hall–Kier alpha value is -0.640. The van der Waals surface area contributed by atoms with Crippen LogP contribution in [0.2, 0.25) is 0 Å². The van der Waals surface area contributed by atoms with E-state index in [4.69, 9.17) is 0 Å². The first kappa shape index (κ1) is 11.8. The number of rotatable bonds is 4. The van der Waals surface area contributed by atoms with E-state index in [2.05, 4.69) is 50.1 Å². The van der Waals surface area contributed by atoms with Crippen LogP contribution in [0.1, 0.15) is 19.5 Å². The van der Waals surface area contributed by atoms with E-state index in [1.54, 1.807) is 0 Å². The van der Waals surface area contributed by atoms with E-state index < -0.39 is 0 Å². The van der Waals surface area contributed by atoms with E-state index in [1.807, 2.05) is 22.7 Å². The zero-order valence-electron chi connectivity index (χ0n) is 9.99. The molecule has 0 aliphatic heterocycles. The lowest BCUT2D eigenvalue weighted by molar-refractivity contribution is 0.325. The SMILES string of the molecule is Cc1ccc(CN(C)Cc2ccc(C)s2)s1. The van der Waals surface area contributed by atoms with Crippen LogP contribution in [-0.2, 0) is 13.1 Å². The van der Waals surface area contributed by atoms with Gasteiger partial charge in [-0.3, -0.25) is 4.90 Å². The van der Waals surface area contributed by atoms with Gasteiger partial charge in [0.2, 0.25) is 0 Å². The summed E-state index contributed by atoms with van der Waals surface area (Å²) < 4.78 is 0. The predicted molar refractivity (Wildman–Crippen MR) is 73.3 cm³/mol. The van der Waals surface area contributed by atoms with Crippen LogP contribution in [0.5, 0.6) is 0 Å². The van der Waals surface area contributed by atoms with Gasteiger partial charge in [-0.05, 0) is 45.2 Å². The molecule has 0 N–H and O–H groups in total. The second-order valence-corrected chi connectivity index (χ2v) is 6.94. The molecule has 3 heteroatoms. The molecule has 0 saturated heterocycles. The minimum atomic E-state index is 1.05. The van der Waals surface area contributed by atoms with Crippen LogP contribution >= 0.6 is 22.7 Å². The fourth-order valence-electron chi connectivity index (χ4n) is 1.73. The lowest BCUT2D eigenvalue weighted by Crippen LogP contribution is -2.15. The summed E-state index contributed by atoms with van der Waals surface area (Å²) in [6.45, 7) is 6.43. The number of hydrogen-bond donors (Lipinski definition) is 0. The normalized spacial score (nSPS) is 11.2. The van der Waals surface area contributed by atoms with Gasteiger partial charge >= 0.3 is 0 Å². The van der Waals surface area contributed by atoms with Crippen LogP contribution in [0.15, 0.2) is 24.3 Å². The molecule has 0 saturated carbocycles. The molecule has 1 nitrogen and oxygen atoms in total. The molecule has 0 unspecified atom stereocenters. The quantitative estimate of drug-likeness (QED) is 0.792. The van der Waals surface area contributed by atoms with Crippen molar-refractivity contribution in [3.63, 3.8) is 0 Å². The van der Waals surface area contributed by atoms with Crippen molar-refractivity contribution in [1.82, 2.24) is 4.90 Å². The summed E-state index contributed by atoms with van der Waals surface area (Å²) in [7, 11) is 2.18. The molecule has 0 radical (unpaired) electrons. The van der Waals surface area contributed by atoms with Crippen molar-refractivity contribution >= 4 is 22.7 Å². The summed E-state index contributed by atoms with van der Waals surface area (Å²) in [5, 5.41) is 0. The van der Waals surface area contributed by atoms with Gasteiger partial charge in [-0.1, -0.05) is 0 Å². The van der Waals surface area contributed by atoms with Gasteiger partial charge in [0, 0.05) is 32.6 Å². The number of hydrogen-bond acceptors (Lipinski definition) is 3. The second kappa shape index (κ2) is 5.13. The van der Waals surface area contributed by atoms with Gasteiger partial charge in [-0.25, -0.2) is 0 Å². The molecule has 16 heavy (non-hydrogen) atoms. The van der Waals surface area contributed by atoms with Crippen LogP contribution in [0.3, 0.4) is 0 Å². The smallest absolute Gasteiger partial charge is 0.0328 e. The largest absolute Gasteiger partial charge is 0.296 e. The molecular weight excluding hydrogens is 234 g/mol. The highest BCUT2D eigenvalue weighted by Crippen LogP contribution is 2.20. The Morgan fingerprint density at radius 2 is 1.31 bits per heavy atom. The highest BCUT2D eigenvalue weighted by Gasteiger charge is 2.04. The molecule has 0 aliphatic rings. The standard InChI is InChI=1S/C13H17NS2/c1-10-4-6-12(15-10)8-14(3)9-13-7-5-11(2)16-13/h4-7H,8-9H2,1-3H3. The van der Waals surface area contributed by atoms with Gasteiger partial charge in [0.15, 0.2) is 0 Å². The first-order valence-corrected chi connectivity index (χ1v) is 7.06. The summed E-state index contributed by atoms with van der Waals surface area (Å²) in [4.78, 5) is 8.07. The Labute approximate surface area is 105 Å². The van der Waals surface area contributed by atoms with E-state index in [-0.39, 0.29) is 0 Å². The van der Waals surface area contributed by atoms with Crippen molar-refractivity contribution in [3.8, 4) is 0 Å². The molecule has 2 aromatic heterocycles. The fourth-order valence-corrected chi connectivity index (χ4v) is 3.67. The minimum absolute atomic E-state index is 1.05. The Bertz CT molecular complexity index is 414. The average molecular weight is 251 g/mol. The van der Waals surface area contributed by atoms with Crippen molar-refractivity contribution in [2.45, 2.75) is 26.9 Å². The lowest BCUT2D eigenvalue weighted by atomic mass is 10.4. The molecular formula is C13H17NS2. The van der Waals surface area contributed by atoms with E-state index in [9.17, 15) is 0 Å².